The first-order valence-corrected chi connectivity index (χ1v) is 8.86. The second kappa shape index (κ2) is 7.81. The number of nitrogens with one attached hydrogen (secondary N) is 1. The fourth-order valence-corrected chi connectivity index (χ4v) is 3.30. The van der Waals surface area contributed by atoms with Crippen LogP contribution in [0.1, 0.15) is 23.7 Å². The molecule has 3 N–H and O–H groups in total. The highest BCUT2D eigenvalue weighted by Crippen LogP contribution is 2.28. The molecule has 3 rings (SSSR count). The number of benzene rings is 2. The van der Waals surface area contributed by atoms with Crippen LogP contribution >= 0.6 is 11.6 Å². The number of nitrogens with zero attached hydrogens (tertiary/aromatic N) is 1. The largest absolute Gasteiger partial charge is 0.497 e. The third kappa shape index (κ3) is 3.84. The van der Waals surface area contributed by atoms with E-state index >= 15 is 0 Å². The predicted molar refractivity (Wildman–Crippen MR) is 104 cm³/mol. The second-order valence-electron chi connectivity index (χ2n) is 6.18. The third-order valence-electron chi connectivity index (χ3n) is 4.45. The lowest BCUT2D eigenvalue weighted by molar-refractivity contribution is -0.131. The number of hydrazine groups is 1. The lowest BCUT2D eigenvalue weighted by Gasteiger charge is -2.17. The molecule has 0 radical (unpaired) electrons. The van der Waals surface area contributed by atoms with Crippen molar-refractivity contribution in [3.63, 3.8) is 0 Å². The van der Waals surface area contributed by atoms with E-state index in [0.29, 0.717) is 11.6 Å². The minimum absolute atomic E-state index is 0.150. The maximum atomic E-state index is 12.7. The fraction of sp³-hybridized carbons (Fsp3) is 0.250. The molecule has 6 heteroatoms. The Bertz CT molecular complexity index is 936. The Labute approximate surface area is 157 Å². The van der Waals surface area contributed by atoms with Gasteiger partial charge in [0.2, 0.25) is 5.91 Å². The van der Waals surface area contributed by atoms with Gasteiger partial charge >= 0.3 is 0 Å². The summed E-state index contributed by atoms with van der Waals surface area (Å²) in [6, 6.07) is 13.2. The molecule has 0 fully saturated rings. The van der Waals surface area contributed by atoms with Gasteiger partial charge in [0.15, 0.2) is 0 Å². The Kier molecular flexibility index (Phi) is 5.49. The van der Waals surface area contributed by atoms with Gasteiger partial charge in [-0.1, -0.05) is 30.7 Å². The molecule has 0 saturated heterocycles. The lowest BCUT2D eigenvalue weighted by atomic mass is 10.1. The molecular formula is C20H22ClN3O2. The Hall–Kier alpha value is -2.50. The van der Waals surface area contributed by atoms with Gasteiger partial charge in [0.05, 0.1) is 20.1 Å². The maximum absolute atomic E-state index is 12.7. The molecule has 3 aromatic rings. The number of hydrogen-bond donors (Lipinski definition) is 2. The maximum Gasteiger partial charge on any atom is 0.241 e. The van der Waals surface area contributed by atoms with Gasteiger partial charge in [0.1, 0.15) is 5.75 Å². The highest BCUT2D eigenvalue weighted by Gasteiger charge is 2.18. The van der Waals surface area contributed by atoms with Crippen molar-refractivity contribution in [1.29, 1.82) is 0 Å². The first kappa shape index (κ1) is 18.3. The monoisotopic (exact) mass is 371 g/mol. The van der Waals surface area contributed by atoms with Crippen LogP contribution in [0.15, 0.2) is 42.5 Å². The van der Waals surface area contributed by atoms with Crippen LogP contribution in [-0.4, -0.2) is 23.0 Å². The first-order chi connectivity index (χ1) is 12.5. The van der Waals surface area contributed by atoms with E-state index in [9.17, 15) is 4.79 Å². The van der Waals surface area contributed by atoms with Crippen LogP contribution < -0.4 is 10.6 Å². The normalized spacial score (nSPS) is 10.9. The molecule has 0 spiro atoms. The summed E-state index contributed by atoms with van der Waals surface area (Å²) in [4.78, 5) is 16.1. The van der Waals surface area contributed by atoms with Crippen LogP contribution in [0.3, 0.4) is 0 Å². The SMILES string of the molecule is CCc1[nH]c2ccc(OC)cc2c1CC(=O)N(N)Cc1cccc(Cl)c1. The third-order valence-corrected chi connectivity index (χ3v) is 4.68. The number of aryl methyl sites for hydroxylation is 1. The number of halogens is 1. The van der Waals surface area contributed by atoms with Crippen LogP contribution in [0.25, 0.3) is 10.9 Å². The van der Waals surface area contributed by atoms with E-state index in [1.807, 2.05) is 36.4 Å². The molecule has 0 aliphatic rings. The molecule has 0 unspecified atom stereocenters. The fourth-order valence-electron chi connectivity index (χ4n) is 3.09. The van der Waals surface area contributed by atoms with Crippen molar-refractivity contribution in [2.45, 2.75) is 26.3 Å². The molecule has 5 nitrogen and oxygen atoms in total. The van der Waals surface area contributed by atoms with E-state index in [1.165, 1.54) is 5.01 Å². The standard InChI is InChI=1S/C20H22ClN3O2/c1-3-18-17(16-10-15(26-2)7-8-19(16)23-18)11-20(25)24(22)12-13-5-4-6-14(21)9-13/h4-10,23H,3,11-12,22H2,1-2H3. The van der Waals surface area contributed by atoms with Crippen molar-refractivity contribution < 1.29 is 9.53 Å². The second-order valence-corrected chi connectivity index (χ2v) is 6.61. The molecule has 1 aromatic heterocycles. The Morgan fingerprint density at radius 1 is 1.27 bits per heavy atom. The van der Waals surface area contributed by atoms with Crippen LogP contribution in [-0.2, 0) is 24.2 Å². The molecule has 0 aliphatic carbocycles. The quantitative estimate of drug-likeness (QED) is 0.393. The van der Waals surface area contributed by atoms with E-state index in [1.54, 1.807) is 13.2 Å². The number of nitrogens with two attached hydrogens (primary N) is 1. The van der Waals surface area contributed by atoms with Gasteiger partial charge in [-0.05, 0) is 47.9 Å². The smallest absolute Gasteiger partial charge is 0.241 e. The first-order valence-electron chi connectivity index (χ1n) is 8.48. The minimum atomic E-state index is -0.150. The van der Waals surface area contributed by atoms with Crippen molar-refractivity contribution in [3.8, 4) is 5.75 Å². The molecule has 0 bridgehead atoms. The summed E-state index contributed by atoms with van der Waals surface area (Å²) in [5.41, 5.74) is 3.89. The predicted octanol–water partition coefficient (Wildman–Crippen LogP) is 3.84. The van der Waals surface area contributed by atoms with Gasteiger partial charge in [0, 0.05) is 21.6 Å². The zero-order chi connectivity index (χ0) is 18.7. The summed E-state index contributed by atoms with van der Waals surface area (Å²) in [5, 5.41) is 2.86. The molecule has 0 saturated carbocycles. The van der Waals surface area contributed by atoms with E-state index in [-0.39, 0.29) is 12.3 Å². The zero-order valence-corrected chi connectivity index (χ0v) is 15.6. The molecule has 26 heavy (non-hydrogen) atoms. The van der Waals surface area contributed by atoms with Gasteiger partial charge in [-0.3, -0.25) is 9.80 Å². The molecule has 136 valence electrons. The van der Waals surface area contributed by atoms with Gasteiger partial charge in [-0.2, -0.15) is 0 Å². The number of aromatic nitrogens is 1. The number of carbonyl (C=O) groups is 1. The van der Waals surface area contributed by atoms with Crippen LogP contribution in [0, 0.1) is 0 Å². The van der Waals surface area contributed by atoms with E-state index in [2.05, 4.69) is 11.9 Å². The van der Waals surface area contributed by atoms with Crippen molar-refractivity contribution in [2.24, 2.45) is 5.84 Å². The van der Waals surface area contributed by atoms with Crippen molar-refractivity contribution >= 4 is 28.4 Å². The van der Waals surface area contributed by atoms with Crippen LogP contribution in [0.5, 0.6) is 5.75 Å². The number of aromatic amines is 1. The van der Waals surface area contributed by atoms with Gasteiger partial charge in [0.25, 0.3) is 0 Å². The Morgan fingerprint density at radius 2 is 2.08 bits per heavy atom. The number of hydrogen-bond acceptors (Lipinski definition) is 3. The summed E-state index contributed by atoms with van der Waals surface area (Å²) in [5.74, 6) is 6.62. The number of fused-ring (bicyclic) bond motifs is 1. The average molecular weight is 372 g/mol. The van der Waals surface area contributed by atoms with Gasteiger partial charge in [-0.25, -0.2) is 5.84 Å². The Morgan fingerprint density at radius 3 is 2.77 bits per heavy atom. The number of amides is 1. The van der Waals surface area contributed by atoms with E-state index in [4.69, 9.17) is 22.2 Å². The number of H-pyrrole nitrogens is 1. The topological polar surface area (TPSA) is 71.4 Å². The number of methoxy groups -OCH3 is 1. The van der Waals surface area contributed by atoms with Crippen molar-refractivity contribution in [1.82, 2.24) is 9.99 Å². The summed E-state index contributed by atoms with van der Waals surface area (Å²) >= 11 is 6.00. The van der Waals surface area contributed by atoms with Gasteiger partial charge in [-0.15, -0.1) is 0 Å². The molecule has 0 aliphatic heterocycles. The number of carbonyl (C=O) groups excluding carboxylic acids is 1. The van der Waals surface area contributed by atoms with Crippen LogP contribution in [0.2, 0.25) is 5.02 Å². The van der Waals surface area contributed by atoms with Gasteiger partial charge < -0.3 is 9.72 Å². The number of ether oxygens (including phenoxy) is 1. The summed E-state index contributed by atoms with van der Waals surface area (Å²) in [6.07, 6.45) is 1.03. The highest BCUT2D eigenvalue weighted by atomic mass is 35.5. The molecule has 1 amide bonds. The Balaban J connectivity index is 1.83. The highest BCUT2D eigenvalue weighted by molar-refractivity contribution is 6.30. The molecule has 0 atom stereocenters. The summed E-state index contributed by atoms with van der Waals surface area (Å²) in [6.45, 7) is 2.37. The lowest BCUT2D eigenvalue weighted by Crippen LogP contribution is -2.37. The minimum Gasteiger partial charge on any atom is -0.497 e. The molecule has 1 heterocycles. The van der Waals surface area contributed by atoms with Crippen molar-refractivity contribution in [3.05, 3.63) is 64.3 Å². The van der Waals surface area contributed by atoms with Crippen molar-refractivity contribution in [2.75, 3.05) is 7.11 Å². The molecular weight excluding hydrogens is 350 g/mol. The van der Waals surface area contributed by atoms with E-state index in [0.717, 1.165) is 39.9 Å². The summed E-state index contributed by atoms with van der Waals surface area (Å²) in [7, 11) is 1.63. The van der Waals surface area contributed by atoms with Crippen LogP contribution in [0.4, 0.5) is 0 Å². The summed E-state index contributed by atoms with van der Waals surface area (Å²) < 4.78 is 5.32. The zero-order valence-electron chi connectivity index (χ0n) is 14.9. The number of rotatable bonds is 6. The van der Waals surface area contributed by atoms with E-state index < -0.39 is 0 Å². The average Bonchev–Trinajstić information content (AvgIpc) is 2.98. The molecule has 2 aromatic carbocycles.